The summed E-state index contributed by atoms with van der Waals surface area (Å²) in [4.78, 5) is 0. The van der Waals surface area contributed by atoms with Gasteiger partial charge < -0.3 is 8.85 Å². The summed E-state index contributed by atoms with van der Waals surface area (Å²) in [5.41, 5.74) is 2.48. The molecule has 0 aromatic heterocycles. The van der Waals surface area contributed by atoms with Crippen molar-refractivity contribution >= 4 is 35.1 Å². The van der Waals surface area contributed by atoms with Crippen LogP contribution in [0.3, 0.4) is 0 Å². The van der Waals surface area contributed by atoms with Crippen molar-refractivity contribution in [3.8, 4) is 11.5 Å². The van der Waals surface area contributed by atoms with Gasteiger partial charge in [-0.05, 0) is 76.4 Å². The molecule has 0 bridgehead atoms. The molecule has 0 N–H and O–H groups in total. The molecule has 27 heavy (non-hydrogen) atoms. The van der Waals surface area contributed by atoms with Gasteiger partial charge in [-0.1, -0.05) is 47.7 Å². The van der Waals surface area contributed by atoms with Crippen LogP contribution in [-0.2, 0) is 0 Å². The second-order valence-corrected chi connectivity index (χ2v) is 23.3. The number of benzene rings is 2. The van der Waals surface area contributed by atoms with E-state index in [1.807, 2.05) is 0 Å². The molecule has 0 saturated heterocycles. The Morgan fingerprint density at radius 1 is 0.556 bits per heavy atom. The van der Waals surface area contributed by atoms with E-state index in [1.165, 1.54) is 21.5 Å². The summed E-state index contributed by atoms with van der Waals surface area (Å²) in [6.45, 7) is 22.6. The van der Waals surface area contributed by atoms with Gasteiger partial charge in [-0.2, -0.15) is 0 Å². The minimum absolute atomic E-state index is 1.04. The van der Waals surface area contributed by atoms with Crippen molar-refractivity contribution in [3.05, 3.63) is 47.5 Å². The Hall–Kier alpha value is -1.31. The fourth-order valence-corrected chi connectivity index (χ4v) is 7.40. The van der Waals surface area contributed by atoms with E-state index in [4.69, 9.17) is 8.85 Å². The van der Waals surface area contributed by atoms with E-state index in [1.54, 1.807) is 0 Å². The Morgan fingerprint density at radius 3 is 1.15 bits per heavy atom. The first-order chi connectivity index (χ1) is 12.2. The van der Waals surface area contributed by atoms with Crippen molar-refractivity contribution < 1.29 is 8.85 Å². The van der Waals surface area contributed by atoms with Gasteiger partial charge in [0, 0.05) is 0 Å². The van der Waals surface area contributed by atoms with E-state index >= 15 is 0 Å². The molecule has 2 nitrogen and oxygen atoms in total. The molecule has 0 amide bonds. The van der Waals surface area contributed by atoms with Gasteiger partial charge in [-0.15, -0.1) is 0 Å². The zero-order chi connectivity index (χ0) is 20.6. The second kappa shape index (κ2) is 7.60. The quantitative estimate of drug-likeness (QED) is 0.574. The van der Waals surface area contributed by atoms with Crippen LogP contribution in [0.5, 0.6) is 11.5 Å². The zero-order valence-corrected chi connectivity index (χ0v) is 21.8. The summed E-state index contributed by atoms with van der Waals surface area (Å²) in [5.74, 6) is 2.08. The predicted molar refractivity (Wildman–Crippen MR) is 127 cm³/mol. The van der Waals surface area contributed by atoms with Gasteiger partial charge in [0.05, 0.1) is 0 Å². The first kappa shape index (κ1) is 22.0. The van der Waals surface area contributed by atoms with E-state index in [0.29, 0.717) is 0 Å². The summed E-state index contributed by atoms with van der Waals surface area (Å²) < 4.78 is 12.5. The van der Waals surface area contributed by atoms with Crippen molar-refractivity contribution in [1.29, 1.82) is 0 Å². The topological polar surface area (TPSA) is 18.5 Å². The van der Waals surface area contributed by atoms with Gasteiger partial charge >= 0.3 is 0 Å². The Balaban J connectivity index is 2.35. The molecule has 0 aliphatic carbocycles. The van der Waals surface area contributed by atoms with E-state index in [9.17, 15) is 0 Å². The maximum absolute atomic E-state index is 6.23. The third-order valence-corrected chi connectivity index (χ3v) is 9.80. The van der Waals surface area contributed by atoms with Gasteiger partial charge in [0.15, 0.2) is 0 Å². The molecular weight excluding hydrogens is 380 g/mol. The maximum atomic E-state index is 6.23. The monoisotopic (exact) mass is 416 g/mol. The van der Waals surface area contributed by atoms with Crippen LogP contribution in [0.15, 0.2) is 36.4 Å². The normalized spacial score (nSPS) is 12.8. The number of hydrogen-bond donors (Lipinski definition) is 0. The van der Waals surface area contributed by atoms with Gasteiger partial charge in [-0.3, -0.25) is 0 Å². The molecule has 5 heteroatoms. The fourth-order valence-electron chi connectivity index (χ4n) is 3.13. The van der Waals surface area contributed by atoms with Crippen LogP contribution in [-0.4, -0.2) is 24.7 Å². The Morgan fingerprint density at radius 2 is 0.889 bits per heavy atom. The average molecular weight is 417 g/mol. The van der Waals surface area contributed by atoms with Crippen molar-refractivity contribution in [2.75, 3.05) is 0 Å². The third kappa shape index (κ3) is 5.83. The van der Waals surface area contributed by atoms with Crippen LogP contribution in [0.25, 0.3) is 0 Å². The smallest absolute Gasteiger partial charge is 0.242 e. The molecule has 0 spiro atoms. The summed E-state index contributed by atoms with van der Waals surface area (Å²) in [7, 11) is -4.95. The Labute approximate surface area is 169 Å². The van der Waals surface area contributed by atoms with Crippen LogP contribution in [0.4, 0.5) is 0 Å². The first-order valence-electron chi connectivity index (χ1n) is 9.79. The van der Waals surface area contributed by atoms with Crippen molar-refractivity contribution in [3.63, 3.8) is 0 Å². The van der Waals surface area contributed by atoms with Crippen molar-refractivity contribution in [1.82, 2.24) is 0 Å². The molecule has 0 atom stereocenters. The molecule has 148 valence electrons. The minimum atomic E-state index is -1.77. The van der Waals surface area contributed by atoms with E-state index in [-0.39, 0.29) is 0 Å². The zero-order valence-electron chi connectivity index (χ0n) is 18.8. The van der Waals surface area contributed by atoms with Crippen LogP contribution >= 0.6 is 0 Å². The maximum Gasteiger partial charge on any atom is 0.242 e. The Bertz CT molecular complexity index is 748. The van der Waals surface area contributed by atoms with Crippen LogP contribution in [0.2, 0.25) is 52.4 Å². The highest BCUT2D eigenvalue weighted by Gasteiger charge is 2.28. The summed E-state index contributed by atoms with van der Waals surface area (Å²) in [6, 6.07) is 13.6. The lowest BCUT2D eigenvalue weighted by Crippen LogP contribution is -2.53. The van der Waals surface area contributed by atoms with Crippen molar-refractivity contribution in [2.24, 2.45) is 0 Å². The average Bonchev–Trinajstić information content (AvgIpc) is 2.48. The molecular formula is C22H36O2Si3. The second-order valence-electron chi connectivity index (χ2n) is 10.0. The predicted octanol–water partition coefficient (Wildman–Crippen LogP) is 5.55. The molecule has 0 fully saturated rings. The molecule has 0 saturated carbocycles. The van der Waals surface area contributed by atoms with E-state index in [2.05, 4.69) is 103 Å². The van der Waals surface area contributed by atoms with Gasteiger partial charge in [0.2, 0.25) is 16.6 Å². The molecule has 2 aromatic rings. The number of hydrogen-bond acceptors (Lipinski definition) is 2. The lowest BCUT2D eigenvalue weighted by molar-refractivity contribution is 0.553. The van der Waals surface area contributed by atoms with Gasteiger partial charge in [0.25, 0.3) is 0 Å². The molecule has 2 aromatic carbocycles. The van der Waals surface area contributed by atoms with Crippen LogP contribution in [0, 0.1) is 13.8 Å². The number of aryl methyl sites for hydroxylation is 2. The van der Waals surface area contributed by atoms with Crippen LogP contribution < -0.4 is 19.2 Å². The number of rotatable bonds is 6. The SMILES string of the molecule is Cc1cc([Si](C)(C)c2ccc(O[Si](C)(C)C)c(C)c2)ccc1O[Si](C)(C)C. The molecule has 0 heterocycles. The molecule has 0 aliphatic heterocycles. The van der Waals surface area contributed by atoms with E-state index < -0.39 is 24.7 Å². The van der Waals surface area contributed by atoms with Gasteiger partial charge in [-0.25, -0.2) is 0 Å². The molecule has 0 unspecified atom stereocenters. The van der Waals surface area contributed by atoms with Crippen molar-refractivity contribution in [2.45, 2.75) is 66.2 Å². The fraction of sp³-hybridized carbons (Fsp3) is 0.455. The molecule has 0 radical (unpaired) electrons. The largest absolute Gasteiger partial charge is 0.544 e. The third-order valence-electron chi connectivity index (χ3n) is 4.63. The van der Waals surface area contributed by atoms with Crippen LogP contribution in [0.1, 0.15) is 11.1 Å². The molecule has 2 rings (SSSR count). The highest BCUT2D eigenvalue weighted by molar-refractivity contribution is 7.00. The summed E-state index contributed by atoms with van der Waals surface area (Å²) in [6.07, 6.45) is 0. The lowest BCUT2D eigenvalue weighted by atomic mass is 10.2. The highest BCUT2D eigenvalue weighted by atomic mass is 28.4. The highest BCUT2D eigenvalue weighted by Crippen LogP contribution is 2.23. The lowest BCUT2D eigenvalue weighted by Gasteiger charge is -2.28. The summed E-state index contributed by atoms with van der Waals surface area (Å²) in [5, 5.41) is 2.89. The van der Waals surface area contributed by atoms with Gasteiger partial charge in [0.1, 0.15) is 19.6 Å². The Kier molecular flexibility index (Phi) is 6.19. The molecule has 0 aliphatic rings. The summed E-state index contributed by atoms with van der Waals surface area (Å²) >= 11 is 0. The van der Waals surface area contributed by atoms with E-state index in [0.717, 1.165) is 11.5 Å². The standard InChI is InChI=1S/C22H36O2Si3/c1-17-15-19(11-13-21(17)23-25(3,4)5)27(9,10)20-12-14-22(18(2)16-20)24-26(6,7)8/h11-16H,1-10H3. The first-order valence-corrected chi connectivity index (χ1v) is 19.6. The minimum Gasteiger partial charge on any atom is -0.544 e.